The minimum absolute atomic E-state index is 0.119. The van der Waals surface area contributed by atoms with Crippen molar-refractivity contribution in [2.75, 3.05) is 19.8 Å². The molecule has 0 fully saturated rings. The van der Waals surface area contributed by atoms with Gasteiger partial charge in [0, 0.05) is 5.59 Å². The summed E-state index contributed by atoms with van der Waals surface area (Å²) in [5.74, 6) is 0.829. The second kappa shape index (κ2) is 9.47. The van der Waals surface area contributed by atoms with E-state index < -0.39 is 7.12 Å². The Hall–Kier alpha value is -1.47. The van der Waals surface area contributed by atoms with E-state index in [1.165, 1.54) is 6.20 Å². The highest BCUT2D eigenvalue weighted by Gasteiger charge is 2.17. The highest BCUT2D eigenvalue weighted by Crippen LogP contribution is 2.35. The molecule has 21 heavy (non-hydrogen) atoms. The van der Waals surface area contributed by atoms with Crippen LogP contribution in [0.5, 0.6) is 17.2 Å². The van der Waals surface area contributed by atoms with E-state index in [2.05, 4.69) is 4.98 Å². The van der Waals surface area contributed by atoms with Crippen LogP contribution >= 0.6 is 0 Å². The molecule has 0 aliphatic heterocycles. The lowest BCUT2D eigenvalue weighted by Crippen LogP contribution is -2.56. The first-order valence-electron chi connectivity index (χ1n) is 7.38. The topological polar surface area (TPSA) is 86.7 Å². The largest absolute Gasteiger partial charge is 0.888 e. The third-order valence-electron chi connectivity index (χ3n) is 2.57. The van der Waals surface area contributed by atoms with Crippen molar-refractivity contribution in [3.05, 3.63) is 6.20 Å². The summed E-state index contributed by atoms with van der Waals surface area (Å²) in [4.78, 5) is 3.90. The summed E-state index contributed by atoms with van der Waals surface area (Å²) in [6.45, 7) is 7.19. The van der Waals surface area contributed by atoms with Gasteiger partial charge in [-0.3, -0.25) is 4.98 Å². The van der Waals surface area contributed by atoms with E-state index in [0.717, 1.165) is 19.3 Å². The first kappa shape index (κ1) is 17.6. The molecule has 0 atom stereocenters. The average Bonchev–Trinajstić information content (AvgIpc) is 2.48. The fraction of sp³-hybridized carbons (Fsp3) is 0.643. The molecule has 118 valence electrons. The molecule has 0 bridgehead atoms. The molecular formula is C14H22BNO5-2. The van der Waals surface area contributed by atoms with E-state index in [0.29, 0.717) is 31.3 Å². The standard InChI is InChI=1S/C14H22BNO5/c1-4-7-19-11-10-16-14(15(17)18)13(21-9-6-3)12(11)20-8-5-2/h10H,4-9H2,1-3H3/q-2. The molecule has 0 spiro atoms. The van der Waals surface area contributed by atoms with Crippen molar-refractivity contribution in [2.24, 2.45) is 0 Å². The van der Waals surface area contributed by atoms with E-state index in [4.69, 9.17) is 14.2 Å². The number of nitrogens with zero attached hydrogens (tertiary/aromatic N) is 1. The molecule has 1 aromatic heterocycles. The van der Waals surface area contributed by atoms with Gasteiger partial charge in [0.2, 0.25) is 5.75 Å². The smallest absolute Gasteiger partial charge is 0.206 e. The van der Waals surface area contributed by atoms with Crippen LogP contribution in [0.25, 0.3) is 0 Å². The summed E-state index contributed by atoms with van der Waals surface area (Å²) in [6.07, 6.45) is 3.72. The quantitative estimate of drug-likeness (QED) is 0.559. The van der Waals surface area contributed by atoms with Gasteiger partial charge in [0.1, 0.15) is 0 Å². The van der Waals surface area contributed by atoms with E-state index in [1.54, 1.807) is 0 Å². The fourth-order valence-electron chi connectivity index (χ4n) is 1.64. The zero-order valence-corrected chi connectivity index (χ0v) is 12.9. The first-order valence-corrected chi connectivity index (χ1v) is 7.38. The zero-order valence-electron chi connectivity index (χ0n) is 12.9. The van der Waals surface area contributed by atoms with E-state index in [1.807, 2.05) is 20.8 Å². The van der Waals surface area contributed by atoms with Gasteiger partial charge in [-0.1, -0.05) is 20.8 Å². The van der Waals surface area contributed by atoms with Crippen LogP contribution in [0.2, 0.25) is 0 Å². The van der Waals surface area contributed by atoms with E-state index in [9.17, 15) is 10.0 Å². The molecule has 1 aromatic rings. The Bertz CT molecular complexity index is 428. The van der Waals surface area contributed by atoms with Gasteiger partial charge in [0.05, 0.1) is 26.0 Å². The van der Waals surface area contributed by atoms with Gasteiger partial charge in [0.15, 0.2) is 11.5 Å². The van der Waals surface area contributed by atoms with Crippen molar-refractivity contribution in [1.29, 1.82) is 0 Å². The van der Waals surface area contributed by atoms with Crippen LogP contribution in [0, 0.1) is 0 Å². The number of rotatable bonds is 10. The van der Waals surface area contributed by atoms with Crippen molar-refractivity contribution >= 4 is 12.7 Å². The fourth-order valence-corrected chi connectivity index (χ4v) is 1.64. The van der Waals surface area contributed by atoms with Crippen LogP contribution in [-0.2, 0) is 0 Å². The van der Waals surface area contributed by atoms with Gasteiger partial charge in [0.25, 0.3) is 0 Å². The Morgan fingerprint density at radius 2 is 1.43 bits per heavy atom. The maximum absolute atomic E-state index is 11.3. The Kier molecular flexibility index (Phi) is 7.93. The number of ether oxygens (including phenoxy) is 3. The molecule has 0 amide bonds. The van der Waals surface area contributed by atoms with Crippen molar-refractivity contribution in [3.8, 4) is 17.2 Å². The Balaban J connectivity index is 3.19. The van der Waals surface area contributed by atoms with E-state index in [-0.39, 0.29) is 11.3 Å². The highest BCUT2D eigenvalue weighted by atomic mass is 16.5. The lowest BCUT2D eigenvalue weighted by Gasteiger charge is -2.29. The summed E-state index contributed by atoms with van der Waals surface area (Å²) >= 11 is 0. The van der Waals surface area contributed by atoms with E-state index >= 15 is 0 Å². The van der Waals surface area contributed by atoms with Gasteiger partial charge in [-0.15, -0.1) is 0 Å². The summed E-state index contributed by atoms with van der Waals surface area (Å²) in [5, 5.41) is 22.5. The average molecular weight is 295 g/mol. The van der Waals surface area contributed by atoms with Gasteiger partial charge in [-0.25, -0.2) is 0 Å². The third kappa shape index (κ3) is 5.10. The molecule has 0 unspecified atom stereocenters. The van der Waals surface area contributed by atoms with Gasteiger partial charge in [-0.05, 0) is 26.4 Å². The Morgan fingerprint density at radius 3 is 1.95 bits per heavy atom. The monoisotopic (exact) mass is 295 g/mol. The predicted molar refractivity (Wildman–Crippen MR) is 77.0 cm³/mol. The SMILES string of the molecule is CCCOc1cnc(B([O-])[O-])c(OCCC)c1OCCC. The van der Waals surface area contributed by atoms with Crippen LogP contribution in [0.1, 0.15) is 40.0 Å². The van der Waals surface area contributed by atoms with Gasteiger partial charge < -0.3 is 24.3 Å². The molecule has 0 N–H and O–H groups in total. The van der Waals surface area contributed by atoms with Gasteiger partial charge in [-0.2, -0.15) is 0 Å². The van der Waals surface area contributed by atoms with Crippen molar-refractivity contribution < 1.29 is 24.3 Å². The first-order chi connectivity index (χ1) is 10.2. The van der Waals surface area contributed by atoms with Crippen molar-refractivity contribution in [3.63, 3.8) is 0 Å². The lowest BCUT2D eigenvalue weighted by atomic mass is 9.84. The van der Waals surface area contributed by atoms with Crippen LogP contribution in [0.15, 0.2) is 6.20 Å². The summed E-state index contributed by atoms with van der Waals surface area (Å²) in [6, 6.07) is 0. The number of aromatic nitrogens is 1. The molecule has 0 aromatic carbocycles. The molecule has 1 heterocycles. The lowest BCUT2D eigenvalue weighted by molar-refractivity contribution is -0.341. The Labute approximate surface area is 126 Å². The second-order valence-corrected chi connectivity index (χ2v) is 4.54. The zero-order chi connectivity index (χ0) is 15.7. The maximum Gasteiger partial charge on any atom is 0.206 e. The number of hydrogen-bond donors (Lipinski definition) is 0. The molecule has 0 saturated carbocycles. The molecule has 6 nitrogen and oxygen atoms in total. The van der Waals surface area contributed by atoms with Crippen LogP contribution in [-0.4, -0.2) is 31.9 Å². The Morgan fingerprint density at radius 1 is 0.905 bits per heavy atom. The molecule has 1 rings (SSSR count). The second-order valence-electron chi connectivity index (χ2n) is 4.54. The molecule has 0 aliphatic carbocycles. The summed E-state index contributed by atoms with van der Waals surface area (Å²) < 4.78 is 16.7. The normalized spacial score (nSPS) is 10.3. The highest BCUT2D eigenvalue weighted by molar-refractivity contribution is 6.55. The van der Waals surface area contributed by atoms with Crippen molar-refractivity contribution in [2.45, 2.75) is 40.0 Å². The minimum Gasteiger partial charge on any atom is -0.888 e. The van der Waals surface area contributed by atoms with Crippen LogP contribution < -0.4 is 29.9 Å². The summed E-state index contributed by atoms with van der Waals surface area (Å²) in [5.41, 5.74) is -0.182. The predicted octanol–water partition coefficient (Wildman–Crippen LogP) is -0.136. The maximum atomic E-state index is 11.3. The number of hydrogen-bond acceptors (Lipinski definition) is 6. The van der Waals surface area contributed by atoms with Crippen LogP contribution in [0.4, 0.5) is 0 Å². The number of pyridine rings is 1. The molecule has 0 radical (unpaired) electrons. The van der Waals surface area contributed by atoms with Crippen molar-refractivity contribution in [1.82, 2.24) is 4.98 Å². The third-order valence-corrected chi connectivity index (χ3v) is 2.57. The van der Waals surface area contributed by atoms with Crippen LogP contribution in [0.3, 0.4) is 0 Å². The molecule has 0 saturated heterocycles. The molecule has 0 aliphatic rings. The minimum atomic E-state index is -2.22. The molecular weight excluding hydrogens is 273 g/mol. The van der Waals surface area contributed by atoms with Gasteiger partial charge >= 0.3 is 0 Å². The molecule has 7 heteroatoms. The summed E-state index contributed by atoms with van der Waals surface area (Å²) in [7, 11) is -2.22.